The molecule has 2 fully saturated rings. The Morgan fingerprint density at radius 1 is 1.29 bits per heavy atom. The Balaban J connectivity index is 0.00000220. The molecule has 0 saturated carbocycles. The molecule has 21 heavy (non-hydrogen) atoms. The van der Waals surface area contributed by atoms with Crippen LogP contribution in [0.15, 0.2) is 4.99 Å². The second kappa shape index (κ2) is 10.6. The first-order valence-electron chi connectivity index (χ1n) is 8.11. The molecule has 0 spiro atoms. The van der Waals surface area contributed by atoms with E-state index in [4.69, 9.17) is 9.47 Å². The molecule has 0 aromatic rings. The molecular formula is C15H30IN3O2. The molecule has 0 amide bonds. The zero-order chi connectivity index (χ0) is 14.2. The maximum absolute atomic E-state index is 5.87. The van der Waals surface area contributed by atoms with Crippen molar-refractivity contribution in [3.05, 3.63) is 0 Å². The molecule has 2 aliphatic rings. The highest BCUT2D eigenvalue weighted by Gasteiger charge is 2.41. The molecule has 5 nitrogen and oxygen atoms in total. The summed E-state index contributed by atoms with van der Waals surface area (Å²) < 4.78 is 11.2. The zero-order valence-corrected chi connectivity index (χ0v) is 15.6. The zero-order valence-electron chi connectivity index (χ0n) is 13.3. The molecule has 124 valence electrons. The fourth-order valence-corrected chi connectivity index (χ4v) is 2.94. The topological polar surface area (TPSA) is 54.9 Å². The predicted molar refractivity (Wildman–Crippen MR) is 96.6 cm³/mol. The molecule has 3 atom stereocenters. The lowest BCUT2D eigenvalue weighted by Crippen LogP contribution is -2.47. The molecule has 2 heterocycles. The van der Waals surface area contributed by atoms with Gasteiger partial charge in [-0.1, -0.05) is 0 Å². The summed E-state index contributed by atoms with van der Waals surface area (Å²) in [5.41, 5.74) is 0. The lowest BCUT2D eigenvalue weighted by atomic mass is 9.96. The largest absolute Gasteiger partial charge is 0.382 e. The minimum atomic E-state index is 0. The Morgan fingerprint density at radius 2 is 2.14 bits per heavy atom. The first kappa shape index (κ1) is 19.0. The van der Waals surface area contributed by atoms with Gasteiger partial charge in [0.2, 0.25) is 0 Å². The maximum Gasteiger partial charge on any atom is 0.191 e. The molecule has 2 aliphatic heterocycles. The van der Waals surface area contributed by atoms with Crippen LogP contribution in [-0.2, 0) is 9.47 Å². The number of nitrogens with zero attached hydrogens (tertiary/aromatic N) is 1. The number of unbranched alkanes of at least 4 members (excludes halogenated alkanes) is 1. The standard InChI is InChI=1S/C15H29N3O2.HI/c1-3-16-15(17-9-5-6-10-19-4-2)18-13-11-12-7-8-14(13)20-12;/h12-14H,3-11H2,1-2H3,(H2,16,17,18);1H. The van der Waals surface area contributed by atoms with E-state index in [9.17, 15) is 0 Å². The Hall–Kier alpha value is -0.0800. The van der Waals surface area contributed by atoms with Crippen LogP contribution >= 0.6 is 24.0 Å². The minimum Gasteiger partial charge on any atom is -0.382 e. The molecule has 0 aromatic heterocycles. The van der Waals surface area contributed by atoms with Crippen LogP contribution in [0.1, 0.15) is 46.0 Å². The number of nitrogens with one attached hydrogen (secondary N) is 2. The molecule has 6 heteroatoms. The van der Waals surface area contributed by atoms with Gasteiger partial charge in [0.25, 0.3) is 0 Å². The summed E-state index contributed by atoms with van der Waals surface area (Å²) in [6.07, 6.45) is 6.56. The van der Waals surface area contributed by atoms with E-state index in [1.165, 1.54) is 12.8 Å². The van der Waals surface area contributed by atoms with E-state index < -0.39 is 0 Å². The highest BCUT2D eigenvalue weighted by molar-refractivity contribution is 14.0. The van der Waals surface area contributed by atoms with Crippen molar-refractivity contribution in [2.45, 2.75) is 64.2 Å². The van der Waals surface area contributed by atoms with Crippen LogP contribution in [0.4, 0.5) is 0 Å². The fourth-order valence-electron chi connectivity index (χ4n) is 2.94. The van der Waals surface area contributed by atoms with Gasteiger partial charge in [-0.3, -0.25) is 4.99 Å². The number of ether oxygens (including phenoxy) is 2. The van der Waals surface area contributed by atoms with Crippen molar-refractivity contribution in [2.75, 3.05) is 26.3 Å². The monoisotopic (exact) mass is 411 g/mol. The normalized spacial score (nSPS) is 27.5. The number of halogens is 1. The van der Waals surface area contributed by atoms with Crippen molar-refractivity contribution >= 4 is 29.9 Å². The molecule has 0 aliphatic carbocycles. The highest BCUT2D eigenvalue weighted by atomic mass is 127. The van der Waals surface area contributed by atoms with E-state index in [1.807, 2.05) is 6.92 Å². The molecule has 0 aromatic carbocycles. The van der Waals surface area contributed by atoms with Crippen molar-refractivity contribution in [3.8, 4) is 0 Å². The number of aliphatic imine (C=N–C) groups is 1. The minimum absolute atomic E-state index is 0. The quantitative estimate of drug-likeness (QED) is 0.279. The second-order valence-corrected chi connectivity index (χ2v) is 5.53. The van der Waals surface area contributed by atoms with Gasteiger partial charge in [-0.25, -0.2) is 0 Å². The molecule has 2 rings (SSSR count). The van der Waals surface area contributed by atoms with Crippen molar-refractivity contribution in [1.29, 1.82) is 0 Å². The Bertz CT molecular complexity index is 315. The van der Waals surface area contributed by atoms with Gasteiger partial charge in [-0.05, 0) is 46.0 Å². The van der Waals surface area contributed by atoms with Gasteiger partial charge in [-0.2, -0.15) is 0 Å². The fraction of sp³-hybridized carbons (Fsp3) is 0.933. The van der Waals surface area contributed by atoms with Crippen LogP contribution in [0.5, 0.6) is 0 Å². The lowest BCUT2D eigenvalue weighted by molar-refractivity contribution is 0.0992. The van der Waals surface area contributed by atoms with Crippen LogP contribution < -0.4 is 10.6 Å². The van der Waals surface area contributed by atoms with Crippen molar-refractivity contribution in [2.24, 2.45) is 4.99 Å². The van der Waals surface area contributed by atoms with Gasteiger partial charge in [-0.15, -0.1) is 24.0 Å². The van der Waals surface area contributed by atoms with Crippen LogP contribution in [0.3, 0.4) is 0 Å². The Kier molecular flexibility index (Phi) is 9.59. The first-order chi connectivity index (χ1) is 9.83. The summed E-state index contributed by atoms with van der Waals surface area (Å²) in [5, 5.41) is 6.86. The highest BCUT2D eigenvalue weighted by Crippen LogP contribution is 2.34. The lowest BCUT2D eigenvalue weighted by Gasteiger charge is -2.22. The average molecular weight is 411 g/mol. The predicted octanol–water partition coefficient (Wildman–Crippen LogP) is 2.30. The van der Waals surface area contributed by atoms with E-state index in [-0.39, 0.29) is 24.0 Å². The number of rotatable bonds is 8. The third-order valence-corrected chi connectivity index (χ3v) is 3.94. The van der Waals surface area contributed by atoms with Crippen molar-refractivity contribution in [1.82, 2.24) is 10.6 Å². The van der Waals surface area contributed by atoms with Crippen molar-refractivity contribution in [3.63, 3.8) is 0 Å². The summed E-state index contributed by atoms with van der Waals surface area (Å²) in [6.45, 7) is 7.52. The van der Waals surface area contributed by atoms with E-state index in [0.717, 1.165) is 51.5 Å². The number of hydrogen-bond donors (Lipinski definition) is 2. The number of hydrogen-bond acceptors (Lipinski definition) is 3. The van der Waals surface area contributed by atoms with Crippen LogP contribution in [0.25, 0.3) is 0 Å². The molecule has 3 unspecified atom stereocenters. The third-order valence-electron chi connectivity index (χ3n) is 3.94. The van der Waals surface area contributed by atoms with Gasteiger partial charge in [0.1, 0.15) is 0 Å². The molecule has 2 bridgehead atoms. The summed E-state index contributed by atoms with van der Waals surface area (Å²) in [4.78, 5) is 4.64. The summed E-state index contributed by atoms with van der Waals surface area (Å²) in [5.74, 6) is 0.935. The van der Waals surface area contributed by atoms with E-state index in [0.29, 0.717) is 18.2 Å². The first-order valence-corrected chi connectivity index (χ1v) is 8.11. The summed E-state index contributed by atoms with van der Waals surface area (Å²) in [6, 6.07) is 0.440. The second-order valence-electron chi connectivity index (χ2n) is 5.53. The van der Waals surface area contributed by atoms with Crippen LogP contribution in [0, 0.1) is 0 Å². The Morgan fingerprint density at radius 3 is 2.76 bits per heavy atom. The molecular weight excluding hydrogens is 381 g/mol. The van der Waals surface area contributed by atoms with Gasteiger partial charge in [0.15, 0.2) is 5.96 Å². The van der Waals surface area contributed by atoms with Gasteiger partial charge >= 0.3 is 0 Å². The third kappa shape index (κ3) is 6.28. The molecule has 0 radical (unpaired) electrons. The number of guanidine groups is 1. The van der Waals surface area contributed by atoms with E-state index in [2.05, 4.69) is 22.5 Å². The Labute approximate surface area is 145 Å². The van der Waals surface area contributed by atoms with Crippen LogP contribution in [-0.4, -0.2) is 50.5 Å². The van der Waals surface area contributed by atoms with Crippen LogP contribution in [0.2, 0.25) is 0 Å². The van der Waals surface area contributed by atoms with Gasteiger partial charge in [0, 0.05) is 26.3 Å². The SMILES string of the molecule is CCNC(=NCCCCOCC)NC1CC2CCC1O2.I. The molecule has 2 N–H and O–H groups in total. The van der Waals surface area contributed by atoms with E-state index in [1.54, 1.807) is 0 Å². The van der Waals surface area contributed by atoms with E-state index >= 15 is 0 Å². The number of fused-ring (bicyclic) bond motifs is 2. The van der Waals surface area contributed by atoms with Crippen molar-refractivity contribution < 1.29 is 9.47 Å². The maximum atomic E-state index is 5.87. The average Bonchev–Trinajstić information content (AvgIpc) is 3.05. The summed E-state index contributed by atoms with van der Waals surface area (Å²) in [7, 11) is 0. The summed E-state index contributed by atoms with van der Waals surface area (Å²) >= 11 is 0. The van der Waals surface area contributed by atoms with Gasteiger partial charge in [0.05, 0.1) is 18.2 Å². The van der Waals surface area contributed by atoms with Gasteiger partial charge < -0.3 is 20.1 Å². The smallest absolute Gasteiger partial charge is 0.191 e. The molecule has 2 saturated heterocycles.